The van der Waals surface area contributed by atoms with Crippen LogP contribution in [0.1, 0.15) is 0 Å². The van der Waals surface area contributed by atoms with E-state index in [0.29, 0.717) is 0 Å². The lowest BCUT2D eigenvalue weighted by Crippen LogP contribution is -1.94. The quantitative estimate of drug-likeness (QED) is 0.155. The van der Waals surface area contributed by atoms with Gasteiger partial charge in [0.2, 0.25) is 0 Å². The topological polar surface area (TPSA) is 0 Å². The largest absolute Gasteiger partial charge is 0.0622 e. The van der Waals surface area contributed by atoms with Gasteiger partial charge in [0, 0.05) is 0 Å². The van der Waals surface area contributed by atoms with Crippen LogP contribution in [0.5, 0.6) is 0 Å². The van der Waals surface area contributed by atoms with Crippen LogP contribution in [0.4, 0.5) is 0 Å². The number of hydrogen-bond donors (Lipinski definition) is 0. The average molecular weight is 733 g/mol. The lowest BCUT2D eigenvalue weighted by Gasteiger charge is -2.21. The highest BCUT2D eigenvalue weighted by Gasteiger charge is 2.30. The first-order valence-corrected chi connectivity index (χ1v) is 20.2. The zero-order valence-corrected chi connectivity index (χ0v) is 31.8. The molecule has 0 radical (unpaired) electrons. The van der Waals surface area contributed by atoms with Crippen molar-refractivity contribution in [2.45, 2.75) is 0 Å². The zero-order valence-electron chi connectivity index (χ0n) is 31.8. The maximum atomic E-state index is 2.45. The van der Waals surface area contributed by atoms with Gasteiger partial charge in [0.25, 0.3) is 0 Å². The van der Waals surface area contributed by atoms with E-state index in [1.54, 1.807) is 0 Å². The Hall–Kier alpha value is -7.54. The minimum Gasteiger partial charge on any atom is -0.0622 e. The van der Waals surface area contributed by atoms with E-state index in [9.17, 15) is 0 Å². The van der Waals surface area contributed by atoms with Gasteiger partial charge < -0.3 is 0 Å². The van der Waals surface area contributed by atoms with Gasteiger partial charge in [-0.3, -0.25) is 0 Å². The molecule has 1 aliphatic carbocycles. The molecule has 0 amide bonds. The molecule has 0 nitrogen and oxygen atoms in total. The Morgan fingerprint density at radius 1 is 0.190 bits per heavy atom. The first-order chi connectivity index (χ1) is 28.8. The summed E-state index contributed by atoms with van der Waals surface area (Å²) in [4.78, 5) is 0. The molecule has 0 saturated heterocycles. The molecule has 58 heavy (non-hydrogen) atoms. The van der Waals surface area contributed by atoms with Gasteiger partial charge in [-0.1, -0.05) is 212 Å². The molecule has 0 heterocycles. The van der Waals surface area contributed by atoms with Gasteiger partial charge in [-0.05, 0) is 127 Å². The Kier molecular flexibility index (Phi) is 7.33. The fraction of sp³-hybridized carbons (Fsp3) is 0. The lowest BCUT2D eigenvalue weighted by molar-refractivity contribution is 1.60. The van der Waals surface area contributed by atoms with Gasteiger partial charge in [-0.25, -0.2) is 0 Å². The molecule has 11 aromatic rings. The van der Waals surface area contributed by atoms with Crippen molar-refractivity contribution in [3.05, 3.63) is 218 Å². The summed E-state index contributed by atoms with van der Waals surface area (Å²) in [5.74, 6) is 0. The molecule has 0 heteroatoms. The number of hydrogen-bond acceptors (Lipinski definition) is 0. The first kappa shape index (κ1) is 32.7. The molecule has 11 aromatic carbocycles. The van der Waals surface area contributed by atoms with E-state index < -0.39 is 0 Å². The van der Waals surface area contributed by atoms with Crippen molar-refractivity contribution in [3.8, 4) is 77.9 Å². The summed E-state index contributed by atoms with van der Waals surface area (Å²) >= 11 is 0. The maximum Gasteiger partial charge on any atom is -0.000741 e. The zero-order chi connectivity index (χ0) is 38.2. The number of rotatable bonds is 5. The summed E-state index contributed by atoms with van der Waals surface area (Å²) in [6.45, 7) is 0. The molecule has 0 saturated carbocycles. The third-order valence-electron chi connectivity index (χ3n) is 12.4. The molecule has 0 aliphatic heterocycles. The monoisotopic (exact) mass is 732 g/mol. The molecule has 12 rings (SSSR count). The second kappa shape index (κ2) is 13.0. The fourth-order valence-corrected chi connectivity index (χ4v) is 9.96. The van der Waals surface area contributed by atoms with Gasteiger partial charge in [0.15, 0.2) is 0 Å². The Morgan fingerprint density at radius 2 is 0.552 bits per heavy atom. The van der Waals surface area contributed by atoms with Gasteiger partial charge >= 0.3 is 0 Å². The Morgan fingerprint density at radius 3 is 1.03 bits per heavy atom. The highest BCUT2D eigenvalue weighted by Crippen LogP contribution is 2.58. The van der Waals surface area contributed by atoms with Gasteiger partial charge in [-0.2, -0.15) is 0 Å². The van der Waals surface area contributed by atoms with Crippen LogP contribution in [0, 0.1) is 0 Å². The van der Waals surface area contributed by atoms with Crippen LogP contribution in [0.25, 0.3) is 121 Å². The van der Waals surface area contributed by atoms with E-state index in [4.69, 9.17) is 0 Å². The molecule has 0 aromatic heterocycles. The van der Waals surface area contributed by atoms with E-state index in [1.807, 2.05) is 0 Å². The van der Waals surface area contributed by atoms with E-state index in [0.717, 1.165) is 0 Å². The van der Waals surface area contributed by atoms with Crippen LogP contribution in [-0.2, 0) is 0 Å². The van der Waals surface area contributed by atoms with E-state index in [2.05, 4.69) is 218 Å². The van der Waals surface area contributed by atoms with Gasteiger partial charge in [0.1, 0.15) is 0 Å². The third-order valence-corrected chi connectivity index (χ3v) is 12.4. The maximum absolute atomic E-state index is 2.45. The van der Waals surface area contributed by atoms with Crippen molar-refractivity contribution < 1.29 is 0 Å². The van der Waals surface area contributed by atoms with E-state index in [-0.39, 0.29) is 0 Å². The second-order valence-electron chi connectivity index (χ2n) is 15.5. The predicted molar refractivity (Wildman–Crippen MR) is 248 cm³/mol. The van der Waals surface area contributed by atoms with Crippen molar-refractivity contribution in [1.29, 1.82) is 0 Å². The fourth-order valence-electron chi connectivity index (χ4n) is 9.96. The lowest BCUT2D eigenvalue weighted by atomic mass is 9.81. The molecular formula is C58H36. The van der Waals surface area contributed by atoms with E-state index >= 15 is 0 Å². The van der Waals surface area contributed by atoms with Crippen LogP contribution in [0.3, 0.4) is 0 Å². The Bertz CT molecular complexity index is 3330. The normalized spacial score (nSPS) is 11.8. The van der Waals surface area contributed by atoms with Crippen LogP contribution in [0.15, 0.2) is 218 Å². The summed E-state index contributed by atoms with van der Waals surface area (Å²) in [5, 5.41) is 10.2. The molecule has 0 spiro atoms. The first-order valence-electron chi connectivity index (χ1n) is 20.2. The van der Waals surface area contributed by atoms with Crippen molar-refractivity contribution in [3.63, 3.8) is 0 Å². The van der Waals surface area contributed by atoms with E-state index in [1.165, 1.54) is 121 Å². The molecule has 0 atom stereocenters. The van der Waals surface area contributed by atoms with Crippen molar-refractivity contribution in [1.82, 2.24) is 0 Å². The SMILES string of the molecule is c1ccc(-c2c3c(c(-c4ccccc4)c4cc(-c5ccc(-c6c7ccccc7c(-c7ccccc7)c7ccccc67)cc5)ccc24)-c2cccc4cccc-3c24)cc1. The molecule has 1 aliphatic rings. The molecule has 0 N–H and O–H groups in total. The summed E-state index contributed by atoms with van der Waals surface area (Å²) < 4.78 is 0. The summed E-state index contributed by atoms with van der Waals surface area (Å²) in [5.41, 5.74) is 17.8. The molecule has 0 fully saturated rings. The number of benzene rings is 11. The molecule has 0 bridgehead atoms. The summed E-state index contributed by atoms with van der Waals surface area (Å²) in [6.07, 6.45) is 0. The second-order valence-corrected chi connectivity index (χ2v) is 15.5. The summed E-state index contributed by atoms with van der Waals surface area (Å²) in [7, 11) is 0. The van der Waals surface area contributed by atoms with Crippen molar-refractivity contribution in [2.24, 2.45) is 0 Å². The van der Waals surface area contributed by atoms with Gasteiger partial charge in [0.05, 0.1) is 0 Å². The summed E-state index contributed by atoms with van der Waals surface area (Å²) in [6, 6.07) is 80.6. The molecule has 268 valence electrons. The molecular weight excluding hydrogens is 697 g/mol. The van der Waals surface area contributed by atoms with Crippen LogP contribution >= 0.6 is 0 Å². The third kappa shape index (κ3) is 4.89. The standard InChI is InChI=1S/C58H36/c1-4-16-38(17-5-1)52-44-24-10-12-26-46(44)53(47-27-13-11-25-45(47)52)42-32-30-37(31-33-42)43-34-35-48-51(36-43)56(41-20-8-3-9-21-41)58-50-29-15-23-39-22-14-28-49(54(39)50)57(58)55(48)40-18-6-2-7-19-40/h1-36H. The number of fused-ring (bicyclic) bond motifs is 6. The Balaban J connectivity index is 1.09. The predicted octanol–water partition coefficient (Wildman–Crippen LogP) is 16.3. The minimum atomic E-state index is 1.20. The van der Waals surface area contributed by atoms with Crippen molar-refractivity contribution >= 4 is 43.1 Å². The van der Waals surface area contributed by atoms with Crippen LogP contribution in [0.2, 0.25) is 0 Å². The van der Waals surface area contributed by atoms with Crippen LogP contribution < -0.4 is 0 Å². The average Bonchev–Trinajstić information content (AvgIpc) is 3.63. The van der Waals surface area contributed by atoms with Gasteiger partial charge in [-0.15, -0.1) is 0 Å². The molecule has 0 unspecified atom stereocenters. The minimum absolute atomic E-state index is 1.20. The highest BCUT2D eigenvalue weighted by atomic mass is 14.3. The van der Waals surface area contributed by atoms with Crippen molar-refractivity contribution in [2.75, 3.05) is 0 Å². The smallest absolute Gasteiger partial charge is 0.000741 e. The highest BCUT2D eigenvalue weighted by molar-refractivity contribution is 6.28. The van der Waals surface area contributed by atoms with Crippen LogP contribution in [-0.4, -0.2) is 0 Å². The Labute approximate surface area is 337 Å².